The zero-order chi connectivity index (χ0) is 12.7. The van der Waals surface area contributed by atoms with E-state index < -0.39 is 11.9 Å². The van der Waals surface area contributed by atoms with Crippen molar-refractivity contribution in [3.05, 3.63) is 29.8 Å². The van der Waals surface area contributed by atoms with Crippen LogP contribution >= 0.6 is 0 Å². The summed E-state index contributed by atoms with van der Waals surface area (Å²) >= 11 is 0. The zero-order valence-corrected chi connectivity index (χ0v) is 9.43. The molecule has 17 heavy (non-hydrogen) atoms. The van der Waals surface area contributed by atoms with Gasteiger partial charge in [0.2, 0.25) is 0 Å². The number of hydrogen-bond acceptors (Lipinski definition) is 5. The molecule has 1 amide bonds. The highest BCUT2D eigenvalue weighted by molar-refractivity contribution is 5.94. The van der Waals surface area contributed by atoms with Crippen LogP contribution in [0.15, 0.2) is 24.3 Å². The Bertz CT molecular complexity index is 406. The van der Waals surface area contributed by atoms with Crippen LogP contribution in [0.2, 0.25) is 0 Å². The van der Waals surface area contributed by atoms with Crippen LogP contribution in [0.1, 0.15) is 17.3 Å². The Morgan fingerprint density at radius 2 is 2.18 bits per heavy atom. The maximum Gasteiger partial charge on any atom is 0.344 e. The van der Waals surface area contributed by atoms with Crippen molar-refractivity contribution in [2.24, 2.45) is 5.84 Å². The van der Waals surface area contributed by atoms with Gasteiger partial charge in [-0.1, -0.05) is 6.07 Å². The first-order valence-corrected chi connectivity index (χ1v) is 5.06. The second-order valence-electron chi connectivity index (χ2n) is 3.09. The van der Waals surface area contributed by atoms with Gasteiger partial charge in [-0.15, -0.1) is 0 Å². The van der Waals surface area contributed by atoms with E-state index in [0.29, 0.717) is 17.9 Å². The number of nitrogens with one attached hydrogen (secondary N) is 1. The molecule has 0 radical (unpaired) electrons. The van der Waals surface area contributed by atoms with Gasteiger partial charge < -0.3 is 9.47 Å². The lowest BCUT2D eigenvalue weighted by atomic mass is 10.2. The molecule has 0 fully saturated rings. The van der Waals surface area contributed by atoms with E-state index in [1.165, 1.54) is 6.07 Å². The number of nitrogen functional groups attached to an aromatic ring is 1. The van der Waals surface area contributed by atoms with Crippen LogP contribution in [0.4, 0.5) is 0 Å². The number of carbonyl (C=O) groups excluding carboxylic acids is 2. The summed E-state index contributed by atoms with van der Waals surface area (Å²) < 4.78 is 9.86. The molecular weight excluding hydrogens is 224 g/mol. The summed E-state index contributed by atoms with van der Waals surface area (Å²) in [6.45, 7) is 1.82. The summed E-state index contributed by atoms with van der Waals surface area (Å²) in [6.07, 6.45) is 0. The Hall–Kier alpha value is -2.08. The number of hydrazine groups is 1. The van der Waals surface area contributed by atoms with Crippen LogP contribution in [-0.2, 0) is 9.53 Å². The number of benzene rings is 1. The van der Waals surface area contributed by atoms with Crippen LogP contribution in [0.5, 0.6) is 5.75 Å². The molecule has 0 aliphatic carbocycles. The van der Waals surface area contributed by atoms with Crippen molar-refractivity contribution in [1.82, 2.24) is 5.43 Å². The summed E-state index contributed by atoms with van der Waals surface area (Å²) in [6, 6.07) is 6.33. The fraction of sp³-hybridized carbons (Fsp3) is 0.273. The summed E-state index contributed by atoms with van der Waals surface area (Å²) in [5.41, 5.74) is 2.36. The Labute approximate surface area is 98.7 Å². The summed E-state index contributed by atoms with van der Waals surface area (Å²) in [5.74, 6) is 4.52. The van der Waals surface area contributed by atoms with Crippen LogP contribution in [0.25, 0.3) is 0 Å². The summed E-state index contributed by atoms with van der Waals surface area (Å²) in [7, 11) is 0. The largest absolute Gasteiger partial charge is 0.482 e. The molecule has 1 aromatic carbocycles. The monoisotopic (exact) mass is 238 g/mol. The fourth-order valence-electron chi connectivity index (χ4n) is 1.16. The van der Waals surface area contributed by atoms with E-state index in [0.717, 1.165) is 0 Å². The van der Waals surface area contributed by atoms with E-state index in [9.17, 15) is 9.59 Å². The van der Waals surface area contributed by atoms with Crippen LogP contribution in [-0.4, -0.2) is 25.1 Å². The normalized spacial score (nSPS) is 9.53. The highest BCUT2D eigenvalue weighted by atomic mass is 16.6. The number of carbonyl (C=O) groups is 2. The van der Waals surface area contributed by atoms with Gasteiger partial charge in [-0.25, -0.2) is 10.6 Å². The van der Waals surface area contributed by atoms with Crippen molar-refractivity contribution < 1.29 is 19.1 Å². The minimum absolute atomic E-state index is 0.193. The SMILES string of the molecule is CCOC(=O)COc1cccc(C(=O)NN)c1. The van der Waals surface area contributed by atoms with Crippen molar-refractivity contribution >= 4 is 11.9 Å². The van der Waals surface area contributed by atoms with Gasteiger partial charge >= 0.3 is 5.97 Å². The first kappa shape index (κ1) is 13.0. The lowest BCUT2D eigenvalue weighted by Gasteiger charge is -2.06. The minimum atomic E-state index is -0.457. The molecule has 0 aliphatic rings. The predicted octanol–water partition coefficient (Wildman–Crippen LogP) is 0.232. The van der Waals surface area contributed by atoms with Crippen molar-refractivity contribution in [1.29, 1.82) is 0 Å². The maximum absolute atomic E-state index is 11.2. The molecule has 92 valence electrons. The number of nitrogens with two attached hydrogens (primary N) is 1. The van der Waals surface area contributed by atoms with Gasteiger partial charge in [0.15, 0.2) is 6.61 Å². The second-order valence-corrected chi connectivity index (χ2v) is 3.09. The molecule has 3 N–H and O–H groups in total. The Balaban J connectivity index is 2.60. The van der Waals surface area contributed by atoms with E-state index in [2.05, 4.69) is 0 Å². The van der Waals surface area contributed by atoms with Crippen molar-refractivity contribution in [2.45, 2.75) is 6.92 Å². The highest BCUT2D eigenvalue weighted by Gasteiger charge is 2.06. The molecule has 1 aromatic rings. The summed E-state index contributed by atoms with van der Waals surface area (Å²) in [5, 5.41) is 0. The molecule has 0 bridgehead atoms. The average Bonchev–Trinajstić information content (AvgIpc) is 2.36. The third-order valence-electron chi connectivity index (χ3n) is 1.89. The second kappa shape index (κ2) is 6.49. The van der Waals surface area contributed by atoms with Gasteiger partial charge in [0.25, 0.3) is 5.91 Å². The quantitative estimate of drug-likeness (QED) is 0.332. The van der Waals surface area contributed by atoms with Crippen molar-refractivity contribution in [3.8, 4) is 5.75 Å². The number of esters is 1. The first-order valence-electron chi connectivity index (χ1n) is 5.06. The van der Waals surface area contributed by atoms with Gasteiger partial charge in [0.1, 0.15) is 5.75 Å². The number of hydrogen-bond donors (Lipinski definition) is 2. The molecule has 6 heteroatoms. The molecule has 0 saturated carbocycles. The third kappa shape index (κ3) is 4.12. The van der Waals surface area contributed by atoms with Gasteiger partial charge in [0, 0.05) is 5.56 Å². The molecule has 0 spiro atoms. The predicted molar refractivity (Wildman–Crippen MR) is 60.2 cm³/mol. The van der Waals surface area contributed by atoms with Gasteiger partial charge in [0.05, 0.1) is 6.61 Å². The highest BCUT2D eigenvalue weighted by Crippen LogP contribution is 2.13. The Morgan fingerprint density at radius 3 is 2.82 bits per heavy atom. The van der Waals surface area contributed by atoms with Gasteiger partial charge in [-0.05, 0) is 25.1 Å². The van der Waals surface area contributed by atoms with Crippen molar-refractivity contribution in [2.75, 3.05) is 13.2 Å². The lowest BCUT2D eigenvalue weighted by Crippen LogP contribution is -2.29. The standard InChI is InChI=1S/C11H14N2O4/c1-2-16-10(14)7-17-9-5-3-4-8(6-9)11(15)13-12/h3-6H,2,7,12H2,1H3,(H,13,15). The van der Waals surface area contributed by atoms with Crippen LogP contribution in [0, 0.1) is 0 Å². The Kier molecular flexibility index (Phi) is 4.96. The molecule has 0 saturated heterocycles. The maximum atomic E-state index is 11.2. The minimum Gasteiger partial charge on any atom is -0.482 e. The van der Waals surface area contributed by atoms with Gasteiger partial charge in [-0.3, -0.25) is 10.2 Å². The zero-order valence-electron chi connectivity index (χ0n) is 9.43. The molecule has 0 unspecified atom stereocenters. The molecule has 0 atom stereocenters. The number of amides is 1. The van der Waals surface area contributed by atoms with Crippen molar-refractivity contribution in [3.63, 3.8) is 0 Å². The van der Waals surface area contributed by atoms with Gasteiger partial charge in [-0.2, -0.15) is 0 Å². The molecular formula is C11H14N2O4. The fourth-order valence-corrected chi connectivity index (χ4v) is 1.16. The van der Waals surface area contributed by atoms with E-state index in [-0.39, 0.29) is 6.61 Å². The average molecular weight is 238 g/mol. The lowest BCUT2D eigenvalue weighted by molar-refractivity contribution is -0.145. The molecule has 1 rings (SSSR count). The number of ether oxygens (including phenoxy) is 2. The topological polar surface area (TPSA) is 90.6 Å². The molecule has 0 aliphatic heterocycles. The molecule has 0 aromatic heterocycles. The summed E-state index contributed by atoms with van der Waals surface area (Å²) in [4.78, 5) is 22.3. The number of rotatable bonds is 5. The third-order valence-corrected chi connectivity index (χ3v) is 1.89. The van der Waals surface area contributed by atoms with E-state index >= 15 is 0 Å². The molecule has 0 heterocycles. The molecule has 6 nitrogen and oxygen atoms in total. The van der Waals surface area contributed by atoms with Crippen LogP contribution in [0.3, 0.4) is 0 Å². The smallest absolute Gasteiger partial charge is 0.344 e. The van der Waals surface area contributed by atoms with E-state index in [4.69, 9.17) is 15.3 Å². The van der Waals surface area contributed by atoms with Crippen LogP contribution < -0.4 is 16.0 Å². The first-order chi connectivity index (χ1) is 8.17. The van der Waals surface area contributed by atoms with E-state index in [1.807, 2.05) is 5.43 Å². The van der Waals surface area contributed by atoms with E-state index in [1.54, 1.807) is 25.1 Å². The Morgan fingerprint density at radius 1 is 1.41 bits per heavy atom.